The highest BCUT2D eigenvalue weighted by Crippen LogP contribution is 2.72. The number of carbonyl (C=O) groups is 3. The van der Waals surface area contributed by atoms with Crippen molar-refractivity contribution < 1.29 is 19.5 Å². The van der Waals surface area contributed by atoms with Gasteiger partial charge in [0.15, 0.2) is 0 Å². The summed E-state index contributed by atoms with van der Waals surface area (Å²) < 4.78 is -1.37. The molecule has 3 fully saturated rings. The first-order chi connectivity index (χ1) is 21.5. The van der Waals surface area contributed by atoms with Crippen LogP contribution in [0, 0.1) is 24.7 Å². The fourth-order valence-electron chi connectivity index (χ4n) is 7.92. The van der Waals surface area contributed by atoms with Gasteiger partial charge in [0.05, 0.1) is 39.9 Å². The number of likely N-dealkylation sites (tertiary alicyclic amines) is 1. The first-order valence-corrected chi connectivity index (χ1v) is 16.9. The van der Waals surface area contributed by atoms with Crippen molar-refractivity contribution in [3.8, 4) is 0 Å². The molecule has 3 heterocycles. The van der Waals surface area contributed by atoms with E-state index >= 15 is 4.79 Å². The maximum absolute atomic E-state index is 15.0. The lowest BCUT2D eigenvalue weighted by Crippen LogP contribution is -2.58. The molecule has 0 radical (unpaired) electrons. The Kier molecular flexibility index (Phi) is 9.60. The highest BCUT2D eigenvalue weighted by molar-refractivity contribution is 8.02. The molecule has 45 heavy (non-hydrogen) atoms. The minimum Gasteiger partial charge on any atom is -0.394 e. The maximum Gasteiger partial charge on any atom is 0.251 e. The first kappa shape index (κ1) is 33.3. The Morgan fingerprint density at radius 3 is 2.38 bits per heavy atom. The molecule has 0 aliphatic carbocycles. The summed E-state index contributed by atoms with van der Waals surface area (Å²) in [5.74, 6) is -2.06. The third-order valence-corrected chi connectivity index (χ3v) is 12.2. The molecule has 2 unspecified atom stereocenters. The van der Waals surface area contributed by atoms with E-state index in [4.69, 9.17) is 11.6 Å². The second kappa shape index (κ2) is 13.0. The van der Waals surface area contributed by atoms with Gasteiger partial charge in [0.2, 0.25) is 11.8 Å². The lowest BCUT2D eigenvalue weighted by molar-refractivity contribution is -0.147. The number of para-hydroxylation sites is 1. The molecule has 9 heteroatoms. The van der Waals surface area contributed by atoms with Gasteiger partial charge in [-0.15, -0.1) is 24.9 Å². The number of halogens is 1. The van der Waals surface area contributed by atoms with Gasteiger partial charge >= 0.3 is 0 Å². The van der Waals surface area contributed by atoms with E-state index in [9.17, 15) is 14.7 Å². The van der Waals surface area contributed by atoms with Gasteiger partial charge in [-0.3, -0.25) is 14.4 Å². The molecule has 2 aromatic rings. The minimum absolute atomic E-state index is 0.100. The van der Waals surface area contributed by atoms with Crippen LogP contribution < -0.4 is 4.90 Å². The smallest absolute Gasteiger partial charge is 0.251 e. The number of aliphatic hydroxyl groups excluding tert-OH is 1. The number of hydrogen-bond donors (Lipinski definition) is 1. The van der Waals surface area contributed by atoms with Gasteiger partial charge in [-0.05, 0) is 49.8 Å². The molecular weight excluding hydrogens is 606 g/mol. The molecule has 7 nitrogen and oxygen atoms in total. The molecule has 1 N–H and O–H groups in total. The quantitative estimate of drug-likeness (QED) is 0.291. The number of hydrogen-bond acceptors (Lipinski definition) is 5. The highest BCUT2D eigenvalue weighted by atomic mass is 35.5. The molecular formula is C36H44ClN3O4S. The fourth-order valence-corrected chi connectivity index (χ4v) is 10.6. The minimum atomic E-state index is -0.892. The Morgan fingerprint density at radius 2 is 1.78 bits per heavy atom. The predicted molar refractivity (Wildman–Crippen MR) is 182 cm³/mol. The average molecular weight is 650 g/mol. The van der Waals surface area contributed by atoms with Crippen molar-refractivity contribution in [2.24, 2.45) is 17.8 Å². The van der Waals surface area contributed by atoms with E-state index in [1.807, 2.05) is 63.2 Å². The third-order valence-electron chi connectivity index (χ3n) is 9.94. The largest absolute Gasteiger partial charge is 0.394 e. The average Bonchev–Trinajstić information content (AvgIpc) is 3.57. The van der Waals surface area contributed by atoms with Crippen LogP contribution in [-0.2, 0) is 20.9 Å². The second-order valence-corrected chi connectivity index (χ2v) is 15.4. The Balaban J connectivity index is 1.63. The van der Waals surface area contributed by atoms with Crippen molar-refractivity contribution in [2.75, 3.05) is 24.6 Å². The second-order valence-electron chi connectivity index (χ2n) is 13.1. The number of thioether (sulfide) groups is 1. The molecule has 0 aromatic heterocycles. The molecule has 0 saturated carbocycles. The number of carbonyl (C=O) groups excluding carboxylic acids is 3. The predicted octanol–water partition coefficient (Wildman–Crippen LogP) is 5.88. The van der Waals surface area contributed by atoms with Crippen LogP contribution in [0.5, 0.6) is 0 Å². The normalized spacial score (nSPS) is 27.4. The van der Waals surface area contributed by atoms with Crippen molar-refractivity contribution >= 4 is 46.8 Å². The Hall–Kier alpha value is -3.07. The molecule has 3 saturated heterocycles. The summed E-state index contributed by atoms with van der Waals surface area (Å²) >= 11 is 8.34. The Labute approximate surface area is 276 Å². The summed E-state index contributed by atoms with van der Waals surface area (Å²) in [6.45, 7) is 16.3. The number of fused-ring (bicyclic) bond motifs is 1. The number of anilines is 1. The molecule has 1 spiro atoms. The van der Waals surface area contributed by atoms with Gasteiger partial charge in [0, 0.05) is 24.4 Å². The van der Waals surface area contributed by atoms with E-state index in [0.29, 0.717) is 36.6 Å². The number of rotatable bonds is 12. The van der Waals surface area contributed by atoms with Crippen LogP contribution in [0.2, 0.25) is 5.02 Å². The SMILES string of the molecule is C=CCN(Cc1ccccc1)C(=O)[C@@H]1[C@H]2C(=O)N([C@@H](CO)C(C)C)C(C(=O)N(CC=C)c3c(C)cccc3Cl)C23CC[C@@]1(C)S3. The molecule has 3 amide bonds. The zero-order valence-corrected chi connectivity index (χ0v) is 28.2. The summed E-state index contributed by atoms with van der Waals surface area (Å²) in [6, 6.07) is 13.8. The summed E-state index contributed by atoms with van der Waals surface area (Å²) in [6.07, 6.45) is 4.68. The van der Waals surface area contributed by atoms with Crippen molar-refractivity contribution in [1.82, 2.24) is 9.80 Å². The van der Waals surface area contributed by atoms with Crippen LogP contribution in [0.25, 0.3) is 0 Å². The third kappa shape index (κ3) is 5.53. The van der Waals surface area contributed by atoms with E-state index in [-0.39, 0.29) is 36.8 Å². The number of nitrogens with zero attached hydrogens (tertiary/aromatic N) is 3. The van der Waals surface area contributed by atoms with Crippen LogP contribution in [-0.4, -0.2) is 73.9 Å². The zero-order valence-electron chi connectivity index (χ0n) is 26.6. The van der Waals surface area contributed by atoms with Crippen LogP contribution in [0.3, 0.4) is 0 Å². The van der Waals surface area contributed by atoms with Crippen molar-refractivity contribution in [3.63, 3.8) is 0 Å². The van der Waals surface area contributed by atoms with Gasteiger partial charge in [0.25, 0.3) is 5.91 Å². The maximum atomic E-state index is 15.0. The van der Waals surface area contributed by atoms with E-state index in [1.54, 1.807) is 44.7 Å². The van der Waals surface area contributed by atoms with E-state index in [2.05, 4.69) is 20.1 Å². The Bertz CT molecular complexity index is 1460. The van der Waals surface area contributed by atoms with E-state index in [1.165, 1.54) is 0 Å². The fraction of sp³-hybridized carbons (Fsp3) is 0.472. The van der Waals surface area contributed by atoms with Crippen molar-refractivity contribution in [3.05, 3.63) is 90.0 Å². The molecule has 240 valence electrons. The summed E-state index contributed by atoms with van der Waals surface area (Å²) in [5, 5.41) is 11.1. The van der Waals surface area contributed by atoms with Gasteiger partial charge < -0.3 is 19.8 Å². The molecule has 6 atom stereocenters. The lowest BCUT2D eigenvalue weighted by Gasteiger charge is -2.41. The van der Waals surface area contributed by atoms with Crippen LogP contribution in [0.4, 0.5) is 5.69 Å². The van der Waals surface area contributed by atoms with Gasteiger partial charge in [-0.25, -0.2) is 0 Å². The van der Waals surface area contributed by atoms with Gasteiger partial charge in [0.1, 0.15) is 6.04 Å². The van der Waals surface area contributed by atoms with Crippen LogP contribution in [0.15, 0.2) is 73.8 Å². The first-order valence-electron chi connectivity index (χ1n) is 15.7. The zero-order chi connectivity index (χ0) is 32.7. The number of aryl methyl sites for hydroxylation is 1. The Morgan fingerprint density at radius 1 is 1.09 bits per heavy atom. The number of aliphatic hydroxyl groups is 1. The van der Waals surface area contributed by atoms with Crippen LogP contribution in [0.1, 0.15) is 44.7 Å². The molecule has 3 aliphatic heterocycles. The highest BCUT2D eigenvalue weighted by Gasteiger charge is 2.78. The number of benzene rings is 2. The lowest BCUT2D eigenvalue weighted by atomic mass is 9.66. The van der Waals surface area contributed by atoms with Crippen LogP contribution >= 0.6 is 23.4 Å². The van der Waals surface area contributed by atoms with Crippen molar-refractivity contribution in [1.29, 1.82) is 0 Å². The summed E-state index contributed by atoms with van der Waals surface area (Å²) in [4.78, 5) is 49.6. The van der Waals surface area contributed by atoms with Gasteiger partial charge in [-0.2, -0.15) is 0 Å². The molecule has 5 rings (SSSR count). The summed E-state index contributed by atoms with van der Waals surface area (Å²) in [7, 11) is 0. The molecule has 2 aromatic carbocycles. The monoisotopic (exact) mass is 649 g/mol. The topological polar surface area (TPSA) is 81.2 Å². The van der Waals surface area contributed by atoms with E-state index < -0.39 is 33.4 Å². The molecule has 3 aliphatic rings. The molecule has 2 bridgehead atoms. The van der Waals surface area contributed by atoms with E-state index in [0.717, 1.165) is 11.1 Å². The summed E-state index contributed by atoms with van der Waals surface area (Å²) in [5.41, 5.74) is 2.40. The standard InChI is InChI=1S/C36H44ClN3O4S/c1-7-19-38(21-25-14-10-9-11-15-25)32(42)28-29-33(43)40(27(22-41)23(3)4)31(36(29)18-17-35(28,6)45-36)34(44)39(20-8-2)30-24(5)13-12-16-26(30)37/h7-16,23,27-29,31,41H,1-2,17-22H2,3-6H3/t27-,28-,29-,31?,35+,36?/m0/s1. The van der Waals surface area contributed by atoms with Gasteiger partial charge in [-0.1, -0.05) is 80.1 Å². The van der Waals surface area contributed by atoms with Crippen molar-refractivity contribution in [2.45, 2.75) is 68.7 Å². The number of amides is 3.